The van der Waals surface area contributed by atoms with Gasteiger partial charge in [-0.2, -0.15) is 0 Å². The fraction of sp³-hybridized carbons (Fsp3) is 0.0645. The Bertz CT molecular complexity index is 6120. The lowest BCUT2D eigenvalue weighted by molar-refractivity contribution is 0.660. The minimum Gasteiger partial charge on any atom is -0.309 e. The Labute approximate surface area is 573 Å². The van der Waals surface area contributed by atoms with Gasteiger partial charge in [0.05, 0.1) is 33.1 Å². The normalized spacial score (nSPS) is 13.4. The van der Waals surface area contributed by atoms with Crippen molar-refractivity contribution in [2.24, 2.45) is 0 Å². The van der Waals surface area contributed by atoms with Crippen LogP contribution in [0.3, 0.4) is 0 Å². The third kappa shape index (κ3) is 8.72. The van der Waals surface area contributed by atoms with Gasteiger partial charge in [0.15, 0.2) is 17.5 Å². The van der Waals surface area contributed by atoms with Gasteiger partial charge in [0.1, 0.15) is 0 Å². The highest BCUT2D eigenvalue weighted by atomic mass is 15.0. The van der Waals surface area contributed by atoms with Crippen LogP contribution in [0.2, 0.25) is 0 Å². The van der Waals surface area contributed by atoms with Gasteiger partial charge >= 0.3 is 0 Å². The second-order valence-corrected chi connectivity index (χ2v) is 27.9. The first-order chi connectivity index (χ1) is 48.6. The molecule has 14 aromatic carbocycles. The highest BCUT2D eigenvalue weighted by Gasteiger charge is 2.37. The first-order valence-corrected chi connectivity index (χ1v) is 34.3. The van der Waals surface area contributed by atoms with E-state index in [0.717, 1.165) is 88.9 Å². The first kappa shape index (κ1) is 56.8. The Morgan fingerprint density at radius 1 is 0.202 bits per heavy atom. The molecule has 0 spiro atoms. The molecule has 6 nitrogen and oxygen atoms in total. The number of para-hydroxylation sites is 2. The predicted molar refractivity (Wildman–Crippen MR) is 411 cm³/mol. The lowest BCUT2D eigenvalue weighted by Crippen LogP contribution is -2.15. The molecular formula is C93H64N6. The summed E-state index contributed by atoms with van der Waals surface area (Å²) in [6.07, 6.45) is 0. The van der Waals surface area contributed by atoms with Crippen LogP contribution < -0.4 is 0 Å². The molecule has 0 bridgehead atoms. The molecule has 0 radical (unpaired) electrons. The molecule has 0 fully saturated rings. The molecule has 0 N–H and O–H groups in total. The van der Waals surface area contributed by atoms with E-state index in [1.165, 1.54) is 88.1 Å². The van der Waals surface area contributed by atoms with Crippen LogP contribution >= 0.6 is 0 Å². The van der Waals surface area contributed by atoms with E-state index in [-0.39, 0.29) is 10.8 Å². The van der Waals surface area contributed by atoms with Crippen molar-refractivity contribution in [3.05, 3.63) is 338 Å². The number of rotatable bonds is 9. The molecule has 466 valence electrons. The molecule has 4 heterocycles. The van der Waals surface area contributed by atoms with Crippen LogP contribution in [-0.4, -0.2) is 28.7 Å². The Morgan fingerprint density at radius 3 is 0.980 bits per heavy atom. The van der Waals surface area contributed by atoms with Gasteiger partial charge in [-0.25, -0.2) is 15.0 Å². The van der Waals surface area contributed by atoms with Crippen molar-refractivity contribution in [3.63, 3.8) is 0 Å². The maximum atomic E-state index is 5.33. The molecule has 0 amide bonds. The van der Waals surface area contributed by atoms with Crippen LogP contribution in [0.4, 0.5) is 0 Å². The second kappa shape index (κ2) is 21.5. The zero-order chi connectivity index (χ0) is 65.8. The minimum atomic E-state index is -0.140. The molecule has 20 rings (SSSR count). The Kier molecular flexibility index (Phi) is 12.3. The van der Waals surface area contributed by atoms with Gasteiger partial charge in [0.2, 0.25) is 0 Å². The minimum absolute atomic E-state index is 0.140. The lowest BCUT2D eigenvalue weighted by atomic mass is 9.82. The van der Waals surface area contributed by atoms with Gasteiger partial charge in [-0.15, -0.1) is 0 Å². The molecule has 0 unspecified atom stereocenters. The zero-order valence-corrected chi connectivity index (χ0v) is 55.2. The molecule has 0 aliphatic heterocycles. The molecule has 2 aliphatic rings. The fourth-order valence-electron chi connectivity index (χ4n) is 16.8. The first-order valence-electron chi connectivity index (χ1n) is 34.3. The summed E-state index contributed by atoms with van der Waals surface area (Å²) < 4.78 is 7.42. The van der Waals surface area contributed by atoms with Gasteiger partial charge in [0.25, 0.3) is 0 Å². The largest absolute Gasteiger partial charge is 0.309 e. The summed E-state index contributed by atoms with van der Waals surface area (Å²) in [7, 11) is 0. The molecule has 0 saturated carbocycles. The maximum Gasteiger partial charge on any atom is 0.164 e. The van der Waals surface area contributed by atoms with E-state index in [0.29, 0.717) is 17.5 Å². The molecule has 6 heteroatoms. The van der Waals surface area contributed by atoms with Gasteiger partial charge in [0, 0.05) is 76.9 Å². The van der Waals surface area contributed by atoms with Crippen molar-refractivity contribution >= 4 is 65.4 Å². The number of fused-ring (bicyclic) bond motifs is 15. The average molecular weight is 1270 g/mol. The fourth-order valence-corrected chi connectivity index (χ4v) is 16.8. The SMILES string of the molecule is CC1(C)c2ccccc2-c2ccc(-n3c4ccccc4c4ccc(-c5ccc6c7ccc(-c8ccc9c%10ccccc%10n(-c%10ccc%11c(c%10)C(C)(C)c%10ccccc%10-%11)c9c8)cc7n(-c7cccc(-c8nc(-c9ccccc9)nc(-c9ccc(-c%10ccccc%10)cc9)n8)c7)c6c5)cc43)cc21. The summed E-state index contributed by atoms with van der Waals surface area (Å²) in [5.74, 6) is 1.82. The van der Waals surface area contributed by atoms with Crippen LogP contribution in [-0.2, 0) is 10.8 Å². The van der Waals surface area contributed by atoms with Crippen molar-refractivity contribution in [2.45, 2.75) is 38.5 Å². The van der Waals surface area contributed by atoms with Crippen molar-refractivity contribution in [3.8, 4) is 107 Å². The quantitative estimate of drug-likeness (QED) is 0.145. The third-order valence-corrected chi connectivity index (χ3v) is 21.7. The molecule has 0 atom stereocenters. The highest BCUT2D eigenvalue weighted by molar-refractivity contribution is 6.14. The van der Waals surface area contributed by atoms with E-state index >= 15 is 0 Å². The van der Waals surface area contributed by atoms with Gasteiger partial charge in [-0.3, -0.25) is 0 Å². The average Bonchev–Trinajstić information content (AvgIpc) is 1.58. The molecule has 0 saturated heterocycles. The summed E-state index contributed by atoms with van der Waals surface area (Å²) in [6, 6.07) is 116. The summed E-state index contributed by atoms with van der Waals surface area (Å²) in [4.78, 5) is 15.8. The van der Waals surface area contributed by atoms with E-state index in [9.17, 15) is 0 Å². The smallest absolute Gasteiger partial charge is 0.164 e. The number of hydrogen-bond acceptors (Lipinski definition) is 3. The van der Waals surface area contributed by atoms with Crippen LogP contribution in [0.25, 0.3) is 172 Å². The zero-order valence-electron chi connectivity index (χ0n) is 55.2. The van der Waals surface area contributed by atoms with Crippen LogP contribution in [0.1, 0.15) is 49.9 Å². The molecule has 99 heavy (non-hydrogen) atoms. The van der Waals surface area contributed by atoms with Crippen LogP contribution in [0, 0.1) is 0 Å². The predicted octanol–water partition coefficient (Wildman–Crippen LogP) is 23.8. The van der Waals surface area contributed by atoms with Crippen molar-refractivity contribution in [1.82, 2.24) is 28.7 Å². The van der Waals surface area contributed by atoms with Gasteiger partial charge in [-0.1, -0.05) is 270 Å². The summed E-state index contributed by atoms with van der Waals surface area (Å²) in [6.45, 7) is 9.46. The Morgan fingerprint density at radius 2 is 0.515 bits per heavy atom. The summed E-state index contributed by atoms with van der Waals surface area (Å²) >= 11 is 0. The molecule has 2 aliphatic carbocycles. The van der Waals surface area contributed by atoms with Crippen LogP contribution in [0.5, 0.6) is 0 Å². The number of aromatic nitrogens is 6. The summed E-state index contributed by atoms with van der Waals surface area (Å²) in [5.41, 5.74) is 30.2. The third-order valence-electron chi connectivity index (χ3n) is 21.7. The van der Waals surface area contributed by atoms with Crippen molar-refractivity contribution in [2.75, 3.05) is 0 Å². The maximum absolute atomic E-state index is 5.33. The van der Waals surface area contributed by atoms with Crippen LogP contribution in [0.15, 0.2) is 315 Å². The highest BCUT2D eigenvalue weighted by Crippen LogP contribution is 2.52. The van der Waals surface area contributed by atoms with E-state index < -0.39 is 0 Å². The topological polar surface area (TPSA) is 53.5 Å². The van der Waals surface area contributed by atoms with E-state index in [1.54, 1.807) is 0 Å². The Balaban J connectivity index is 0.768. The number of nitrogens with zero attached hydrogens (tertiary/aromatic N) is 6. The van der Waals surface area contributed by atoms with E-state index in [1.807, 2.05) is 24.3 Å². The van der Waals surface area contributed by atoms with E-state index in [2.05, 4.69) is 333 Å². The van der Waals surface area contributed by atoms with Crippen molar-refractivity contribution < 1.29 is 0 Å². The monoisotopic (exact) mass is 1260 g/mol. The molecular weight excluding hydrogens is 1200 g/mol. The second-order valence-electron chi connectivity index (χ2n) is 27.9. The number of benzene rings is 14. The summed E-state index contributed by atoms with van der Waals surface area (Å²) in [5, 5.41) is 7.22. The molecule has 18 aromatic rings. The molecule has 4 aromatic heterocycles. The van der Waals surface area contributed by atoms with Gasteiger partial charge in [-0.05, 0) is 151 Å². The lowest BCUT2D eigenvalue weighted by Gasteiger charge is -2.22. The Hall–Kier alpha value is -12.5. The number of hydrogen-bond donors (Lipinski definition) is 0. The standard InChI is InChI=1S/C93H64N6/c1-92(2)79-30-15-11-26-69(79)71-48-42-67(55-81(71)92)97-83-32-17-13-28-73(83)75-44-38-61(51-85(75)97)63-40-46-77-78-47-41-64(62-39-45-76-74-29-14-18-33-84(74)98(86(76)52-62)68-43-49-72-70-27-12-16-31-80(70)93(3,4)82(72)56-68)54-88(78)99(87(77)53-63)66-25-19-24-65(50-66)91-95-89(59-22-9-6-10-23-59)94-90(96-91)60-36-34-58(35-37-60)57-20-7-5-8-21-57/h5-56H,1-4H3. The van der Waals surface area contributed by atoms with Crippen molar-refractivity contribution in [1.29, 1.82) is 0 Å². The van der Waals surface area contributed by atoms with E-state index in [4.69, 9.17) is 15.0 Å². The van der Waals surface area contributed by atoms with Gasteiger partial charge < -0.3 is 13.7 Å².